The Morgan fingerprint density at radius 1 is 1.47 bits per heavy atom. The van der Waals surface area contributed by atoms with Crippen LogP contribution in [0.4, 0.5) is 10.1 Å². The minimum absolute atomic E-state index is 0.0145. The van der Waals surface area contributed by atoms with Crippen molar-refractivity contribution >= 4 is 15.7 Å². The highest BCUT2D eigenvalue weighted by atomic mass is 32.2. The smallest absolute Gasteiger partial charge is 0.240 e. The van der Waals surface area contributed by atoms with E-state index in [4.69, 9.17) is 5.73 Å². The van der Waals surface area contributed by atoms with Gasteiger partial charge >= 0.3 is 0 Å². The predicted molar refractivity (Wildman–Crippen MR) is 65.5 cm³/mol. The molecule has 0 spiro atoms. The van der Waals surface area contributed by atoms with Gasteiger partial charge in [0.15, 0.2) is 0 Å². The first kappa shape index (κ1) is 13.9. The molecule has 0 aromatic heterocycles. The van der Waals surface area contributed by atoms with Crippen LogP contribution in [0.1, 0.15) is 26.7 Å². The maximum atomic E-state index is 12.9. The summed E-state index contributed by atoms with van der Waals surface area (Å²) in [5.74, 6) is -0.620. The van der Waals surface area contributed by atoms with Gasteiger partial charge in [-0.05, 0) is 31.5 Å². The quantitative estimate of drug-likeness (QED) is 0.794. The van der Waals surface area contributed by atoms with Crippen LogP contribution >= 0.6 is 0 Å². The van der Waals surface area contributed by atoms with E-state index in [0.29, 0.717) is 0 Å². The van der Waals surface area contributed by atoms with E-state index >= 15 is 0 Å². The molecule has 0 aliphatic rings. The number of hydrogen-bond acceptors (Lipinski definition) is 3. The Labute approximate surface area is 101 Å². The number of benzene rings is 1. The van der Waals surface area contributed by atoms with Crippen molar-refractivity contribution < 1.29 is 12.8 Å². The summed E-state index contributed by atoms with van der Waals surface area (Å²) in [5, 5.41) is 0. The van der Waals surface area contributed by atoms with Crippen molar-refractivity contribution in [3.05, 3.63) is 24.0 Å². The van der Waals surface area contributed by atoms with Gasteiger partial charge in [-0.3, -0.25) is 0 Å². The summed E-state index contributed by atoms with van der Waals surface area (Å²) in [7, 11) is -3.62. The average molecular weight is 260 g/mol. The molecule has 3 N–H and O–H groups in total. The number of hydrogen-bond donors (Lipinski definition) is 2. The lowest BCUT2D eigenvalue weighted by Gasteiger charge is -2.13. The van der Waals surface area contributed by atoms with Gasteiger partial charge in [-0.25, -0.2) is 17.5 Å². The molecule has 6 heteroatoms. The van der Waals surface area contributed by atoms with E-state index in [0.717, 1.165) is 25.0 Å². The number of halogens is 1. The van der Waals surface area contributed by atoms with Crippen molar-refractivity contribution in [2.75, 3.05) is 5.73 Å². The fraction of sp³-hybridized carbons (Fsp3) is 0.455. The Balaban J connectivity index is 2.93. The molecule has 1 rings (SSSR count). The number of sulfonamides is 1. The topological polar surface area (TPSA) is 72.2 Å². The van der Waals surface area contributed by atoms with Gasteiger partial charge in [0.2, 0.25) is 10.0 Å². The first-order chi connectivity index (χ1) is 7.86. The molecule has 96 valence electrons. The van der Waals surface area contributed by atoms with E-state index in [1.54, 1.807) is 6.92 Å². The van der Waals surface area contributed by atoms with Crippen LogP contribution in [0.2, 0.25) is 0 Å². The summed E-state index contributed by atoms with van der Waals surface area (Å²) in [5.41, 5.74) is 5.17. The molecule has 0 aliphatic heterocycles. The molecule has 1 aromatic rings. The van der Waals surface area contributed by atoms with Crippen LogP contribution in [0.15, 0.2) is 23.1 Å². The van der Waals surface area contributed by atoms with Crippen molar-refractivity contribution in [1.29, 1.82) is 0 Å². The summed E-state index contributed by atoms with van der Waals surface area (Å²) >= 11 is 0. The molecular formula is C11H17FN2O2S. The fourth-order valence-electron chi connectivity index (χ4n) is 1.51. The summed E-state index contributed by atoms with van der Waals surface area (Å²) in [6.45, 7) is 3.76. The van der Waals surface area contributed by atoms with E-state index in [-0.39, 0.29) is 16.6 Å². The molecule has 1 aromatic carbocycles. The molecule has 17 heavy (non-hydrogen) atoms. The Kier molecular flexibility index (Phi) is 4.47. The van der Waals surface area contributed by atoms with Crippen molar-refractivity contribution in [2.24, 2.45) is 0 Å². The third-order valence-corrected chi connectivity index (χ3v) is 3.94. The predicted octanol–water partition coefficient (Wildman–Crippen LogP) is 1.87. The van der Waals surface area contributed by atoms with Crippen LogP contribution in [-0.2, 0) is 10.0 Å². The van der Waals surface area contributed by atoms with E-state index in [9.17, 15) is 12.8 Å². The van der Waals surface area contributed by atoms with Crippen molar-refractivity contribution in [1.82, 2.24) is 4.72 Å². The third-order valence-electron chi connectivity index (χ3n) is 2.36. The van der Waals surface area contributed by atoms with E-state index < -0.39 is 15.8 Å². The minimum Gasteiger partial charge on any atom is -0.396 e. The van der Waals surface area contributed by atoms with Gasteiger partial charge < -0.3 is 5.73 Å². The highest BCUT2D eigenvalue weighted by Crippen LogP contribution is 2.17. The molecule has 0 amide bonds. The van der Waals surface area contributed by atoms with Crippen molar-refractivity contribution in [2.45, 2.75) is 37.6 Å². The second-order valence-corrected chi connectivity index (χ2v) is 5.71. The second kappa shape index (κ2) is 5.46. The molecule has 0 heterocycles. The molecule has 0 bridgehead atoms. The van der Waals surface area contributed by atoms with Gasteiger partial charge in [-0.15, -0.1) is 0 Å². The van der Waals surface area contributed by atoms with E-state index in [2.05, 4.69) is 4.72 Å². The van der Waals surface area contributed by atoms with Crippen LogP contribution in [0.25, 0.3) is 0 Å². The van der Waals surface area contributed by atoms with Crippen LogP contribution in [0.3, 0.4) is 0 Å². The van der Waals surface area contributed by atoms with Gasteiger partial charge in [-0.1, -0.05) is 13.3 Å². The molecular weight excluding hydrogens is 243 g/mol. The first-order valence-corrected chi connectivity index (χ1v) is 6.92. The largest absolute Gasteiger partial charge is 0.396 e. The van der Waals surface area contributed by atoms with Gasteiger partial charge in [-0.2, -0.15) is 0 Å². The first-order valence-electron chi connectivity index (χ1n) is 5.44. The fourth-order valence-corrected chi connectivity index (χ4v) is 2.83. The summed E-state index contributed by atoms with van der Waals surface area (Å²) in [6.07, 6.45) is 1.63. The molecule has 1 unspecified atom stereocenters. The number of nitrogens with one attached hydrogen (secondary N) is 1. The Morgan fingerprint density at radius 3 is 2.65 bits per heavy atom. The lowest BCUT2D eigenvalue weighted by molar-refractivity contribution is 0.543. The lowest BCUT2D eigenvalue weighted by atomic mass is 10.2. The summed E-state index contributed by atoms with van der Waals surface area (Å²) in [4.78, 5) is -0.0145. The number of nitrogen functional groups attached to an aromatic ring is 1. The number of anilines is 1. The molecule has 0 aliphatic carbocycles. The molecule has 0 fully saturated rings. The maximum Gasteiger partial charge on any atom is 0.240 e. The summed E-state index contributed by atoms with van der Waals surface area (Å²) < 4.78 is 39.2. The zero-order valence-electron chi connectivity index (χ0n) is 9.90. The minimum atomic E-state index is -3.62. The molecule has 1 atom stereocenters. The van der Waals surface area contributed by atoms with Crippen LogP contribution in [0, 0.1) is 5.82 Å². The third kappa shape index (κ3) is 3.67. The Hall–Kier alpha value is -1.14. The van der Waals surface area contributed by atoms with E-state index in [1.807, 2.05) is 6.92 Å². The zero-order valence-corrected chi connectivity index (χ0v) is 10.7. The van der Waals surface area contributed by atoms with Crippen LogP contribution < -0.4 is 10.5 Å². The highest BCUT2D eigenvalue weighted by molar-refractivity contribution is 7.89. The SMILES string of the molecule is CCCC(C)NS(=O)(=O)c1ccc(F)c(N)c1. The van der Waals surface area contributed by atoms with Crippen molar-refractivity contribution in [3.8, 4) is 0 Å². The number of rotatable bonds is 5. The number of nitrogens with two attached hydrogens (primary N) is 1. The zero-order chi connectivity index (χ0) is 13.1. The van der Waals surface area contributed by atoms with Gasteiger partial charge in [0.1, 0.15) is 5.82 Å². The Morgan fingerprint density at radius 2 is 2.12 bits per heavy atom. The maximum absolute atomic E-state index is 12.9. The average Bonchev–Trinajstić information content (AvgIpc) is 2.21. The Bertz CT molecular complexity index is 488. The van der Waals surface area contributed by atoms with Gasteiger partial charge in [0.25, 0.3) is 0 Å². The van der Waals surface area contributed by atoms with Gasteiger partial charge in [0.05, 0.1) is 10.6 Å². The van der Waals surface area contributed by atoms with Crippen LogP contribution in [-0.4, -0.2) is 14.5 Å². The normalized spacial score (nSPS) is 13.6. The molecule has 0 radical (unpaired) electrons. The second-order valence-electron chi connectivity index (χ2n) is 3.99. The van der Waals surface area contributed by atoms with E-state index in [1.165, 1.54) is 6.07 Å². The van der Waals surface area contributed by atoms with Crippen LogP contribution in [0.5, 0.6) is 0 Å². The molecule has 4 nitrogen and oxygen atoms in total. The van der Waals surface area contributed by atoms with Gasteiger partial charge in [0, 0.05) is 6.04 Å². The summed E-state index contributed by atoms with van der Waals surface area (Å²) in [6, 6.07) is 3.22. The molecule has 0 saturated heterocycles. The highest BCUT2D eigenvalue weighted by Gasteiger charge is 2.17. The van der Waals surface area contributed by atoms with Crippen molar-refractivity contribution in [3.63, 3.8) is 0 Å². The lowest BCUT2D eigenvalue weighted by Crippen LogP contribution is -2.32. The molecule has 0 saturated carbocycles. The standard InChI is InChI=1S/C11H17FN2O2S/c1-3-4-8(2)14-17(15,16)9-5-6-10(12)11(13)7-9/h5-8,14H,3-4,13H2,1-2H3. The monoisotopic (exact) mass is 260 g/mol.